The molecule has 0 amide bonds. The van der Waals surface area contributed by atoms with Gasteiger partial charge >= 0.3 is 7.47 Å². The average molecular weight is 445 g/mol. The molecule has 0 saturated carbocycles. The standard InChI is InChI=1S/C26H22BF2NO3/c1-26(2,3)19-13-10-17(11-14-19)9-12-18-15-20(24(33-27(28)29)16-23(18)31-4)25-30-21-7-5-6-8-22(21)32-25/h5-8,10-11,13-16H,1-4H3. The molecule has 33 heavy (non-hydrogen) atoms. The average Bonchev–Trinajstić information content (AvgIpc) is 3.21. The van der Waals surface area contributed by atoms with E-state index >= 15 is 0 Å². The number of para-hydroxylation sites is 2. The van der Waals surface area contributed by atoms with E-state index in [1.807, 2.05) is 36.4 Å². The van der Waals surface area contributed by atoms with Gasteiger partial charge in [0.2, 0.25) is 5.89 Å². The second-order valence-electron chi connectivity index (χ2n) is 8.49. The van der Waals surface area contributed by atoms with E-state index in [2.05, 4.69) is 37.6 Å². The van der Waals surface area contributed by atoms with Crippen LogP contribution in [-0.4, -0.2) is 19.6 Å². The highest BCUT2D eigenvalue weighted by Gasteiger charge is 2.24. The van der Waals surface area contributed by atoms with Gasteiger partial charge in [-0.25, -0.2) is 13.6 Å². The third-order valence-corrected chi connectivity index (χ3v) is 5.13. The van der Waals surface area contributed by atoms with Gasteiger partial charge in [0.15, 0.2) is 5.58 Å². The van der Waals surface area contributed by atoms with Crippen LogP contribution in [0.4, 0.5) is 8.63 Å². The van der Waals surface area contributed by atoms with Crippen molar-refractivity contribution in [2.75, 3.05) is 7.11 Å². The zero-order valence-corrected chi connectivity index (χ0v) is 18.8. The van der Waals surface area contributed by atoms with E-state index in [1.54, 1.807) is 18.2 Å². The summed E-state index contributed by atoms with van der Waals surface area (Å²) in [5.41, 5.74) is 3.98. The molecular weight excluding hydrogens is 423 g/mol. The largest absolute Gasteiger partial charge is 0.796 e. The van der Waals surface area contributed by atoms with Crippen LogP contribution < -0.4 is 9.39 Å². The molecule has 1 aromatic heterocycles. The van der Waals surface area contributed by atoms with Crippen LogP contribution in [0.2, 0.25) is 0 Å². The van der Waals surface area contributed by atoms with Crippen LogP contribution in [0.25, 0.3) is 22.6 Å². The molecule has 0 fully saturated rings. The quantitative estimate of drug-likeness (QED) is 0.266. The van der Waals surface area contributed by atoms with E-state index in [-0.39, 0.29) is 22.6 Å². The number of hydrogen-bond acceptors (Lipinski definition) is 4. The Morgan fingerprint density at radius 2 is 1.67 bits per heavy atom. The van der Waals surface area contributed by atoms with Crippen LogP contribution in [0.3, 0.4) is 0 Å². The lowest BCUT2D eigenvalue weighted by molar-refractivity contribution is 0.402. The molecule has 0 aliphatic heterocycles. The normalized spacial score (nSPS) is 11.1. The second kappa shape index (κ2) is 8.99. The SMILES string of the molecule is COc1cc(OB(F)F)c(-c2nc3ccccc3o2)cc1C#Cc1ccc(C(C)(C)C)cc1. The number of hydrogen-bond donors (Lipinski definition) is 0. The first-order valence-corrected chi connectivity index (χ1v) is 10.4. The number of benzene rings is 3. The van der Waals surface area contributed by atoms with Gasteiger partial charge in [-0.05, 0) is 41.3 Å². The molecular formula is C26H22BF2NO3. The Morgan fingerprint density at radius 3 is 2.30 bits per heavy atom. The number of ether oxygens (including phenoxy) is 1. The Morgan fingerprint density at radius 1 is 0.939 bits per heavy atom. The summed E-state index contributed by atoms with van der Waals surface area (Å²) in [7, 11) is -1.57. The van der Waals surface area contributed by atoms with Gasteiger partial charge in [0.25, 0.3) is 0 Å². The molecule has 0 aliphatic rings. The van der Waals surface area contributed by atoms with E-state index in [1.165, 1.54) is 18.7 Å². The lowest BCUT2D eigenvalue weighted by Crippen LogP contribution is -2.10. The van der Waals surface area contributed by atoms with Crippen molar-refractivity contribution in [2.45, 2.75) is 26.2 Å². The maximum atomic E-state index is 13.1. The van der Waals surface area contributed by atoms with Gasteiger partial charge in [-0.3, -0.25) is 0 Å². The molecule has 4 rings (SSSR count). The van der Waals surface area contributed by atoms with Gasteiger partial charge in [0.1, 0.15) is 17.0 Å². The third kappa shape index (κ3) is 5.01. The van der Waals surface area contributed by atoms with Gasteiger partial charge in [-0.1, -0.05) is 56.9 Å². The number of halogens is 2. The van der Waals surface area contributed by atoms with Crippen LogP contribution in [-0.2, 0) is 5.41 Å². The zero-order chi connectivity index (χ0) is 23.6. The van der Waals surface area contributed by atoms with Crippen molar-refractivity contribution in [3.63, 3.8) is 0 Å². The molecule has 0 atom stereocenters. The minimum atomic E-state index is -3.02. The summed E-state index contributed by atoms with van der Waals surface area (Å²) in [6.45, 7) is 6.44. The molecule has 0 saturated heterocycles. The molecule has 1 heterocycles. The summed E-state index contributed by atoms with van der Waals surface area (Å²) in [5.74, 6) is 6.55. The van der Waals surface area contributed by atoms with Crippen LogP contribution in [0.15, 0.2) is 65.1 Å². The fourth-order valence-electron chi connectivity index (χ4n) is 3.37. The van der Waals surface area contributed by atoms with Gasteiger partial charge in [-0.15, -0.1) is 0 Å². The molecule has 4 nitrogen and oxygen atoms in total. The summed E-state index contributed by atoms with van der Waals surface area (Å²) in [6, 6.07) is 18.1. The number of methoxy groups -OCH3 is 1. The van der Waals surface area contributed by atoms with Crippen molar-refractivity contribution in [3.05, 3.63) is 77.4 Å². The summed E-state index contributed by atoms with van der Waals surface area (Å²) in [4.78, 5) is 4.42. The summed E-state index contributed by atoms with van der Waals surface area (Å²) < 4.78 is 42.1. The molecule has 4 aromatic rings. The predicted molar refractivity (Wildman–Crippen MR) is 126 cm³/mol. The van der Waals surface area contributed by atoms with E-state index in [0.717, 1.165) is 5.56 Å². The van der Waals surface area contributed by atoms with Crippen LogP contribution in [0, 0.1) is 11.8 Å². The first kappa shape index (κ1) is 22.4. The highest BCUT2D eigenvalue weighted by atomic mass is 19.2. The highest BCUT2D eigenvalue weighted by Crippen LogP contribution is 2.37. The van der Waals surface area contributed by atoms with Gasteiger partial charge < -0.3 is 13.8 Å². The van der Waals surface area contributed by atoms with Gasteiger partial charge in [-0.2, -0.15) is 0 Å². The predicted octanol–water partition coefficient (Wildman–Crippen LogP) is 6.50. The van der Waals surface area contributed by atoms with Crippen LogP contribution in [0.1, 0.15) is 37.5 Å². The van der Waals surface area contributed by atoms with Crippen molar-refractivity contribution in [1.29, 1.82) is 0 Å². The summed E-state index contributed by atoms with van der Waals surface area (Å²) in [6.07, 6.45) is 0. The lowest BCUT2D eigenvalue weighted by atomic mass is 9.87. The van der Waals surface area contributed by atoms with Crippen LogP contribution in [0.5, 0.6) is 11.5 Å². The van der Waals surface area contributed by atoms with Crippen molar-refractivity contribution in [3.8, 4) is 34.8 Å². The first-order valence-electron chi connectivity index (χ1n) is 10.4. The minimum absolute atomic E-state index is 0.0458. The van der Waals surface area contributed by atoms with Crippen LogP contribution >= 0.6 is 0 Å². The molecule has 0 spiro atoms. The molecule has 0 N–H and O–H groups in total. The van der Waals surface area contributed by atoms with Gasteiger partial charge in [0.05, 0.1) is 18.2 Å². The summed E-state index contributed by atoms with van der Waals surface area (Å²) >= 11 is 0. The number of rotatable bonds is 4. The lowest BCUT2D eigenvalue weighted by Gasteiger charge is -2.18. The van der Waals surface area contributed by atoms with Crippen molar-refractivity contribution < 1.29 is 22.4 Å². The maximum Gasteiger partial charge on any atom is 0.796 e. The fraction of sp³-hybridized carbons (Fsp3) is 0.192. The topological polar surface area (TPSA) is 44.5 Å². The number of nitrogens with zero attached hydrogens (tertiary/aromatic N) is 1. The van der Waals surface area contributed by atoms with Crippen molar-refractivity contribution in [1.82, 2.24) is 4.98 Å². The molecule has 0 bridgehead atoms. The third-order valence-electron chi connectivity index (χ3n) is 5.13. The van der Waals surface area contributed by atoms with E-state index < -0.39 is 7.47 Å². The maximum absolute atomic E-state index is 13.1. The molecule has 0 radical (unpaired) electrons. The molecule has 0 unspecified atom stereocenters. The first-order chi connectivity index (χ1) is 15.7. The van der Waals surface area contributed by atoms with E-state index in [4.69, 9.17) is 13.8 Å². The molecule has 0 aliphatic carbocycles. The van der Waals surface area contributed by atoms with Crippen molar-refractivity contribution in [2.24, 2.45) is 0 Å². The summed E-state index contributed by atoms with van der Waals surface area (Å²) in [5, 5.41) is 0. The second-order valence-corrected chi connectivity index (χ2v) is 8.49. The Labute approximate surface area is 191 Å². The van der Waals surface area contributed by atoms with E-state index in [0.29, 0.717) is 22.4 Å². The fourth-order valence-corrected chi connectivity index (χ4v) is 3.37. The zero-order valence-electron chi connectivity index (χ0n) is 18.8. The Kier molecular flexibility index (Phi) is 6.10. The Balaban J connectivity index is 1.79. The monoisotopic (exact) mass is 445 g/mol. The van der Waals surface area contributed by atoms with Gasteiger partial charge in [0, 0.05) is 11.6 Å². The number of aromatic nitrogens is 1. The number of fused-ring (bicyclic) bond motifs is 1. The Bertz CT molecular complexity index is 1310. The minimum Gasteiger partial charge on any atom is -0.504 e. The number of oxazole rings is 1. The molecule has 3 aromatic carbocycles. The molecule has 166 valence electrons. The van der Waals surface area contributed by atoms with Crippen molar-refractivity contribution >= 4 is 18.6 Å². The Hall–Kier alpha value is -3.79. The van der Waals surface area contributed by atoms with E-state index in [9.17, 15) is 8.63 Å². The molecule has 7 heteroatoms. The smallest absolute Gasteiger partial charge is 0.504 e. The highest BCUT2D eigenvalue weighted by molar-refractivity contribution is 6.35.